The molecule has 0 bridgehead atoms. The van der Waals surface area contributed by atoms with E-state index in [4.69, 9.17) is 10.4 Å². The molecule has 1 aliphatic carbocycles. The van der Waals surface area contributed by atoms with Crippen molar-refractivity contribution in [1.29, 1.82) is 5.26 Å². The molecule has 124 valence electrons. The van der Waals surface area contributed by atoms with Gasteiger partial charge in [-0.2, -0.15) is 5.26 Å². The van der Waals surface area contributed by atoms with Crippen molar-refractivity contribution in [2.24, 2.45) is 17.0 Å². The van der Waals surface area contributed by atoms with Gasteiger partial charge in [0.2, 0.25) is 10.0 Å². The molecule has 1 saturated carbocycles. The Kier molecular flexibility index (Phi) is 5.18. The zero-order valence-electron chi connectivity index (χ0n) is 12.4. The van der Waals surface area contributed by atoms with Crippen molar-refractivity contribution in [2.45, 2.75) is 30.6 Å². The smallest absolute Gasteiger partial charge is 0.293 e. The van der Waals surface area contributed by atoms with Crippen molar-refractivity contribution in [3.05, 3.63) is 28.3 Å². The molecule has 0 heterocycles. The van der Waals surface area contributed by atoms with Gasteiger partial charge in [0.05, 0.1) is 15.9 Å². The van der Waals surface area contributed by atoms with Gasteiger partial charge >= 0.3 is 0 Å². The number of nitrogens with zero attached hydrogens (tertiary/aromatic N) is 2. The number of rotatable bonds is 5. The second-order valence-corrected chi connectivity index (χ2v) is 7.27. The van der Waals surface area contributed by atoms with E-state index < -0.39 is 14.9 Å². The molecule has 0 atom stereocenters. The lowest BCUT2D eigenvalue weighted by Gasteiger charge is -2.25. The summed E-state index contributed by atoms with van der Waals surface area (Å²) in [5.41, 5.74) is -0.0490. The third-order valence-corrected chi connectivity index (χ3v) is 5.02. The molecule has 9 heteroatoms. The third kappa shape index (κ3) is 4.40. The lowest BCUT2D eigenvalue weighted by atomic mass is 9.83. The molecule has 0 aromatic heterocycles. The summed E-state index contributed by atoms with van der Waals surface area (Å²) in [6.45, 7) is 0.549. The Labute approximate surface area is 134 Å². The van der Waals surface area contributed by atoms with Crippen LogP contribution in [0.25, 0.3) is 0 Å². The first-order valence-corrected chi connectivity index (χ1v) is 8.80. The molecule has 0 unspecified atom stereocenters. The highest BCUT2D eigenvalue weighted by Gasteiger charge is 2.23. The van der Waals surface area contributed by atoms with Crippen LogP contribution in [0.2, 0.25) is 0 Å². The van der Waals surface area contributed by atoms with E-state index in [9.17, 15) is 18.5 Å². The van der Waals surface area contributed by atoms with Crippen LogP contribution >= 0.6 is 0 Å². The molecule has 1 aliphatic rings. The summed E-state index contributed by atoms with van der Waals surface area (Å²) in [6.07, 6.45) is 3.48. The molecule has 3 N–H and O–H groups in total. The van der Waals surface area contributed by atoms with Gasteiger partial charge in [-0.1, -0.05) is 0 Å². The lowest BCUT2D eigenvalue weighted by Crippen LogP contribution is -2.21. The molecule has 0 saturated heterocycles. The second kappa shape index (κ2) is 6.93. The maximum atomic E-state index is 11.3. The Bertz CT molecular complexity index is 734. The average Bonchev–Trinajstić information content (AvgIpc) is 2.52. The minimum absolute atomic E-state index is 0.106. The summed E-state index contributed by atoms with van der Waals surface area (Å²) >= 11 is 0. The first-order chi connectivity index (χ1) is 10.8. The molecular weight excluding hydrogens is 320 g/mol. The molecule has 0 amide bonds. The van der Waals surface area contributed by atoms with Gasteiger partial charge in [0, 0.05) is 18.5 Å². The molecule has 2 rings (SSSR count). The van der Waals surface area contributed by atoms with Gasteiger partial charge in [-0.05, 0) is 43.7 Å². The van der Waals surface area contributed by atoms with Crippen LogP contribution in [-0.4, -0.2) is 19.9 Å². The molecule has 1 aromatic carbocycles. The number of hydrogen-bond donors (Lipinski definition) is 2. The molecule has 0 aliphatic heterocycles. The number of hydrogen-bond acceptors (Lipinski definition) is 6. The summed E-state index contributed by atoms with van der Waals surface area (Å²) in [4.78, 5) is 10.2. The summed E-state index contributed by atoms with van der Waals surface area (Å²) in [5.74, 6) is 0.451. The minimum atomic E-state index is -3.98. The van der Waals surface area contributed by atoms with E-state index in [1.807, 2.05) is 0 Å². The van der Waals surface area contributed by atoms with Crippen molar-refractivity contribution in [3.63, 3.8) is 0 Å². The van der Waals surface area contributed by atoms with E-state index in [1.54, 1.807) is 0 Å². The number of nitro groups is 1. The predicted octanol–water partition coefficient (Wildman–Crippen LogP) is 1.98. The summed E-state index contributed by atoms with van der Waals surface area (Å²) in [7, 11) is -3.98. The van der Waals surface area contributed by atoms with Gasteiger partial charge < -0.3 is 5.32 Å². The molecule has 1 fully saturated rings. The van der Waals surface area contributed by atoms with Gasteiger partial charge in [0.15, 0.2) is 0 Å². The quantitative estimate of drug-likeness (QED) is 0.621. The fraction of sp³-hybridized carbons (Fsp3) is 0.500. The van der Waals surface area contributed by atoms with Crippen LogP contribution in [0.5, 0.6) is 0 Å². The van der Waals surface area contributed by atoms with E-state index in [0.717, 1.165) is 31.7 Å². The molecule has 23 heavy (non-hydrogen) atoms. The van der Waals surface area contributed by atoms with Crippen molar-refractivity contribution >= 4 is 21.4 Å². The normalized spacial score (nSPS) is 21.4. The Morgan fingerprint density at radius 2 is 2.00 bits per heavy atom. The van der Waals surface area contributed by atoms with Crippen molar-refractivity contribution in [2.75, 3.05) is 11.9 Å². The Morgan fingerprint density at radius 1 is 1.35 bits per heavy atom. The van der Waals surface area contributed by atoms with E-state index in [1.165, 1.54) is 12.1 Å². The average molecular weight is 338 g/mol. The maximum absolute atomic E-state index is 11.3. The van der Waals surface area contributed by atoms with Crippen LogP contribution in [0.3, 0.4) is 0 Å². The summed E-state index contributed by atoms with van der Waals surface area (Å²) < 4.78 is 22.6. The van der Waals surface area contributed by atoms with Gasteiger partial charge in [-0.25, -0.2) is 13.6 Å². The Balaban J connectivity index is 2.08. The van der Waals surface area contributed by atoms with Gasteiger partial charge in [-0.15, -0.1) is 0 Å². The predicted molar refractivity (Wildman–Crippen MR) is 84.0 cm³/mol. The van der Waals surface area contributed by atoms with Crippen LogP contribution in [0.1, 0.15) is 25.7 Å². The molecule has 8 nitrogen and oxygen atoms in total. The number of benzene rings is 1. The highest BCUT2D eigenvalue weighted by atomic mass is 32.2. The lowest BCUT2D eigenvalue weighted by molar-refractivity contribution is -0.384. The fourth-order valence-electron chi connectivity index (χ4n) is 2.74. The highest BCUT2D eigenvalue weighted by molar-refractivity contribution is 7.89. The number of anilines is 1. The van der Waals surface area contributed by atoms with E-state index in [2.05, 4.69) is 11.4 Å². The van der Waals surface area contributed by atoms with Crippen molar-refractivity contribution in [1.82, 2.24) is 0 Å². The van der Waals surface area contributed by atoms with Crippen molar-refractivity contribution in [3.8, 4) is 6.07 Å². The molecule has 1 aromatic rings. The van der Waals surface area contributed by atoms with Crippen LogP contribution in [-0.2, 0) is 10.0 Å². The van der Waals surface area contributed by atoms with Gasteiger partial charge in [-0.3, -0.25) is 10.1 Å². The first kappa shape index (κ1) is 17.2. The van der Waals surface area contributed by atoms with E-state index in [0.29, 0.717) is 12.5 Å². The zero-order chi connectivity index (χ0) is 17.0. The zero-order valence-corrected chi connectivity index (χ0v) is 13.3. The molecule has 0 radical (unpaired) electrons. The van der Waals surface area contributed by atoms with Crippen LogP contribution in [0.4, 0.5) is 11.4 Å². The number of primary sulfonamides is 1. The number of sulfonamides is 1. The topological polar surface area (TPSA) is 139 Å². The fourth-order valence-corrected chi connectivity index (χ4v) is 3.27. The van der Waals surface area contributed by atoms with Crippen LogP contribution in [0.15, 0.2) is 23.1 Å². The monoisotopic (exact) mass is 338 g/mol. The summed E-state index contributed by atoms with van der Waals surface area (Å²) in [5, 5.41) is 28.0. The molecule has 0 spiro atoms. The SMILES string of the molecule is N#CC1CCC(CNc2ccc(S(N)(=O)=O)cc2[N+](=O)[O-])CC1. The standard InChI is InChI=1S/C14H18N4O4S/c15-8-10-1-3-11(4-2-10)9-17-13-6-5-12(23(16,21)22)7-14(13)18(19)20/h5-7,10-11,17H,1-4,9H2,(H2,16,21,22). The minimum Gasteiger partial charge on any atom is -0.379 e. The molecular formula is C14H18N4O4S. The Hall–Kier alpha value is -2.18. The largest absolute Gasteiger partial charge is 0.379 e. The first-order valence-electron chi connectivity index (χ1n) is 7.26. The number of nitro benzene ring substituents is 1. The summed E-state index contributed by atoms with van der Waals surface area (Å²) in [6, 6.07) is 5.83. The van der Waals surface area contributed by atoms with Crippen LogP contribution < -0.4 is 10.5 Å². The number of nitriles is 1. The van der Waals surface area contributed by atoms with Gasteiger partial charge in [0.25, 0.3) is 5.69 Å². The highest BCUT2D eigenvalue weighted by Crippen LogP contribution is 2.31. The van der Waals surface area contributed by atoms with Crippen molar-refractivity contribution < 1.29 is 13.3 Å². The second-order valence-electron chi connectivity index (χ2n) is 5.71. The number of nitrogens with one attached hydrogen (secondary N) is 1. The number of nitrogens with two attached hydrogens (primary N) is 1. The van der Waals surface area contributed by atoms with E-state index in [-0.39, 0.29) is 22.2 Å². The maximum Gasteiger partial charge on any atom is 0.293 e. The van der Waals surface area contributed by atoms with Crippen LogP contribution in [0, 0.1) is 33.3 Å². The van der Waals surface area contributed by atoms with Gasteiger partial charge in [0.1, 0.15) is 5.69 Å². The third-order valence-electron chi connectivity index (χ3n) is 4.10. The van der Waals surface area contributed by atoms with E-state index >= 15 is 0 Å². The Morgan fingerprint density at radius 3 is 2.52 bits per heavy atom.